The van der Waals surface area contributed by atoms with Crippen LogP contribution in [0.4, 0.5) is 37.7 Å². The molecule has 0 unspecified atom stereocenters. The maximum atomic E-state index is 16.1. The van der Waals surface area contributed by atoms with Crippen molar-refractivity contribution >= 4 is 11.4 Å². The number of rotatable bonds is 7. The molecular formula is C34H27F6N11O2. The molecule has 0 saturated carbocycles. The number of piperazine rings is 1. The zero-order valence-electron chi connectivity index (χ0n) is 27.4. The largest absolute Gasteiger partial charge is 0.408 e. The van der Waals surface area contributed by atoms with Crippen LogP contribution in [0.3, 0.4) is 0 Å². The summed E-state index contributed by atoms with van der Waals surface area (Å²) in [4.78, 5) is 24.9. The van der Waals surface area contributed by atoms with Gasteiger partial charge in [0.2, 0.25) is 0 Å². The van der Waals surface area contributed by atoms with Crippen LogP contribution < -0.4 is 15.5 Å². The summed E-state index contributed by atoms with van der Waals surface area (Å²) in [5.74, 6) is -4.38. The van der Waals surface area contributed by atoms with E-state index in [1.54, 1.807) is 18.3 Å². The molecule has 8 rings (SSSR count). The summed E-state index contributed by atoms with van der Waals surface area (Å²) in [6, 6.07) is 16.6. The number of anilines is 2. The fourth-order valence-electron chi connectivity index (χ4n) is 6.67. The summed E-state index contributed by atoms with van der Waals surface area (Å²) in [6.45, 7) is 0.464. The maximum absolute atomic E-state index is 16.1. The molecule has 6 heterocycles. The van der Waals surface area contributed by atoms with Crippen LogP contribution in [0, 0.1) is 5.82 Å². The standard InChI is InChI=1S/C34H27F6N11O2/c35-23-4-8-27-26(15-23)30-44-45-46-50(30)18-32(27,53)34(39,40)28-9-3-22(16-41-28)21-1-5-24(6-2-21)47-11-13-48(14-12-47)25-7-10-29(42-17-25)49-20-43-51(31(49)52)19-33(36,37)38/h1-10,15-17,20,53H,11-14,18-19H2/t32-/m0/s1. The Labute approximate surface area is 295 Å². The van der Waals surface area contributed by atoms with E-state index in [0.717, 1.165) is 56.8 Å². The van der Waals surface area contributed by atoms with Crippen molar-refractivity contribution in [1.82, 2.24) is 44.5 Å². The molecule has 53 heavy (non-hydrogen) atoms. The molecule has 2 aliphatic rings. The fraction of sp³-hybridized carbons (Fsp3) is 0.265. The smallest absolute Gasteiger partial charge is 0.377 e. The van der Waals surface area contributed by atoms with Crippen LogP contribution in [0.2, 0.25) is 0 Å². The molecule has 1 saturated heterocycles. The van der Waals surface area contributed by atoms with Gasteiger partial charge in [0.1, 0.15) is 30.2 Å². The van der Waals surface area contributed by atoms with Gasteiger partial charge in [0.05, 0.1) is 18.4 Å². The highest BCUT2D eigenvalue weighted by molar-refractivity contribution is 5.67. The molecule has 1 atom stereocenters. The van der Waals surface area contributed by atoms with Crippen LogP contribution in [0.25, 0.3) is 28.3 Å². The lowest BCUT2D eigenvalue weighted by Crippen LogP contribution is -2.49. The number of hydrogen-bond acceptors (Lipinski definition) is 10. The number of halogens is 6. The maximum Gasteiger partial charge on any atom is 0.408 e. The number of aromatic nitrogens is 9. The zero-order chi connectivity index (χ0) is 37.1. The summed E-state index contributed by atoms with van der Waals surface area (Å²) in [5.41, 5.74) is -1.64. The van der Waals surface area contributed by atoms with Gasteiger partial charge in [-0.2, -0.15) is 27.1 Å². The number of hydrogen-bond donors (Lipinski definition) is 1. The first-order valence-corrected chi connectivity index (χ1v) is 16.2. The van der Waals surface area contributed by atoms with Crippen molar-refractivity contribution in [3.05, 3.63) is 113 Å². The molecule has 0 amide bonds. The minimum Gasteiger partial charge on any atom is -0.377 e. The fourth-order valence-corrected chi connectivity index (χ4v) is 6.67. The SMILES string of the molecule is O=c1n(-c2ccc(N3CCN(c4ccc(-c5ccc(C(F)(F)[C@]6(O)Cn7nnnc7-c7cc(F)ccc76)nc5)cc4)CC3)cn2)cnn1CC(F)(F)F. The van der Waals surface area contributed by atoms with Gasteiger partial charge < -0.3 is 14.9 Å². The molecule has 1 fully saturated rings. The van der Waals surface area contributed by atoms with Crippen molar-refractivity contribution in [2.75, 3.05) is 36.0 Å². The molecule has 4 aromatic heterocycles. The number of benzene rings is 2. The lowest BCUT2D eigenvalue weighted by atomic mass is 9.80. The average Bonchev–Trinajstić information content (AvgIpc) is 3.77. The van der Waals surface area contributed by atoms with Crippen molar-refractivity contribution in [1.29, 1.82) is 0 Å². The van der Waals surface area contributed by atoms with Crippen molar-refractivity contribution < 1.29 is 31.4 Å². The molecule has 6 aromatic rings. The van der Waals surface area contributed by atoms with E-state index in [4.69, 9.17) is 0 Å². The quantitative estimate of drug-likeness (QED) is 0.238. The predicted octanol–water partition coefficient (Wildman–Crippen LogP) is 4.17. The number of alkyl halides is 5. The predicted molar refractivity (Wildman–Crippen MR) is 177 cm³/mol. The topological polar surface area (TPSA) is 136 Å². The first kappa shape index (κ1) is 34.0. The van der Waals surface area contributed by atoms with E-state index in [1.807, 2.05) is 24.3 Å². The van der Waals surface area contributed by atoms with E-state index in [9.17, 15) is 27.5 Å². The first-order chi connectivity index (χ1) is 25.3. The van der Waals surface area contributed by atoms with Gasteiger partial charge in [0, 0.05) is 54.8 Å². The molecule has 19 heteroatoms. The van der Waals surface area contributed by atoms with Crippen molar-refractivity contribution in [3.8, 4) is 28.3 Å². The van der Waals surface area contributed by atoms with Crippen molar-refractivity contribution in [3.63, 3.8) is 0 Å². The highest BCUT2D eigenvalue weighted by Crippen LogP contribution is 2.50. The summed E-state index contributed by atoms with van der Waals surface area (Å²) in [5, 5.41) is 26.0. The summed E-state index contributed by atoms with van der Waals surface area (Å²) >= 11 is 0. The van der Waals surface area contributed by atoms with Crippen LogP contribution in [0.15, 0.2) is 90.2 Å². The van der Waals surface area contributed by atoms with Crippen LogP contribution in [0.5, 0.6) is 0 Å². The monoisotopic (exact) mass is 735 g/mol. The zero-order valence-corrected chi connectivity index (χ0v) is 27.4. The first-order valence-electron chi connectivity index (χ1n) is 16.2. The van der Waals surface area contributed by atoms with E-state index < -0.39 is 48.0 Å². The summed E-state index contributed by atoms with van der Waals surface area (Å²) < 4.78 is 86.8. The van der Waals surface area contributed by atoms with E-state index >= 15 is 8.78 Å². The molecule has 1 N–H and O–H groups in total. The molecule has 0 bridgehead atoms. The van der Waals surface area contributed by atoms with Gasteiger partial charge in [-0.05, 0) is 58.5 Å². The third-order valence-electron chi connectivity index (χ3n) is 9.44. The van der Waals surface area contributed by atoms with E-state index in [0.29, 0.717) is 36.4 Å². The Balaban J connectivity index is 0.917. The third kappa shape index (κ3) is 6.05. The van der Waals surface area contributed by atoms with E-state index in [-0.39, 0.29) is 22.8 Å². The number of tetrazole rings is 1. The van der Waals surface area contributed by atoms with Crippen molar-refractivity contribution in [2.24, 2.45) is 0 Å². The van der Waals surface area contributed by atoms with Gasteiger partial charge in [0.25, 0.3) is 0 Å². The van der Waals surface area contributed by atoms with Crippen LogP contribution in [0.1, 0.15) is 11.3 Å². The molecule has 0 aliphatic carbocycles. The Kier molecular flexibility index (Phi) is 8.04. The Bertz CT molecular complexity index is 2330. The van der Waals surface area contributed by atoms with Crippen LogP contribution in [-0.4, -0.2) is 82.0 Å². The van der Waals surface area contributed by atoms with Gasteiger partial charge >= 0.3 is 17.8 Å². The molecule has 272 valence electrons. The minimum atomic E-state index is -4.58. The molecule has 2 aromatic carbocycles. The highest BCUT2D eigenvalue weighted by Gasteiger charge is 2.59. The van der Waals surface area contributed by atoms with Crippen molar-refractivity contribution in [2.45, 2.75) is 30.8 Å². The summed E-state index contributed by atoms with van der Waals surface area (Å²) in [7, 11) is 0. The second-order valence-electron chi connectivity index (χ2n) is 12.7. The number of aliphatic hydroxyl groups is 1. The highest BCUT2D eigenvalue weighted by atomic mass is 19.4. The van der Waals surface area contributed by atoms with E-state index in [2.05, 4.69) is 40.4 Å². The van der Waals surface area contributed by atoms with Crippen LogP contribution in [-0.2, 0) is 24.6 Å². The molecule has 13 nitrogen and oxygen atoms in total. The molecule has 0 spiro atoms. The lowest BCUT2D eigenvalue weighted by molar-refractivity contribution is -0.207. The normalized spacial score (nSPS) is 17.5. The number of pyridine rings is 2. The lowest BCUT2D eigenvalue weighted by Gasteiger charge is -2.39. The van der Waals surface area contributed by atoms with Gasteiger partial charge in [-0.25, -0.2) is 28.1 Å². The Morgan fingerprint density at radius 3 is 2.17 bits per heavy atom. The second-order valence-corrected chi connectivity index (χ2v) is 12.7. The minimum absolute atomic E-state index is 0.0376. The Morgan fingerprint density at radius 1 is 0.811 bits per heavy atom. The van der Waals surface area contributed by atoms with Crippen LogP contribution >= 0.6 is 0 Å². The molecule has 2 aliphatic heterocycles. The Morgan fingerprint density at radius 2 is 1.51 bits per heavy atom. The second kappa shape index (κ2) is 12.5. The van der Waals surface area contributed by atoms with Gasteiger partial charge in [-0.15, -0.1) is 5.10 Å². The van der Waals surface area contributed by atoms with Gasteiger partial charge in [-0.3, -0.25) is 4.98 Å². The van der Waals surface area contributed by atoms with Gasteiger partial charge in [-0.1, -0.05) is 24.3 Å². The molecular weight excluding hydrogens is 708 g/mol. The summed E-state index contributed by atoms with van der Waals surface area (Å²) in [6.07, 6.45) is -0.711. The Hall–Kier alpha value is -6.11. The van der Waals surface area contributed by atoms with Gasteiger partial charge in [0.15, 0.2) is 11.4 Å². The molecule has 0 radical (unpaired) electrons. The number of nitrogens with zero attached hydrogens (tertiary/aromatic N) is 11. The number of fused-ring (bicyclic) bond motifs is 3. The van der Waals surface area contributed by atoms with E-state index in [1.165, 1.54) is 12.3 Å². The average molecular weight is 736 g/mol. The third-order valence-corrected chi connectivity index (χ3v) is 9.44.